The van der Waals surface area contributed by atoms with Crippen molar-refractivity contribution in [2.45, 2.75) is 38.3 Å². The highest BCUT2D eigenvalue weighted by molar-refractivity contribution is 6.30. The molecule has 5 heteroatoms. The molecule has 2 aromatic rings. The van der Waals surface area contributed by atoms with Crippen molar-refractivity contribution in [1.29, 1.82) is 0 Å². The molecule has 1 aromatic heterocycles. The molecule has 4 rings (SSSR count). The molecule has 1 fully saturated rings. The summed E-state index contributed by atoms with van der Waals surface area (Å²) in [6.45, 7) is 4.21. The average molecular weight is 331 g/mol. The van der Waals surface area contributed by atoms with Gasteiger partial charge in [0.15, 0.2) is 0 Å². The van der Waals surface area contributed by atoms with Crippen LogP contribution in [-0.2, 0) is 19.4 Å². The van der Waals surface area contributed by atoms with E-state index in [9.17, 15) is 0 Å². The summed E-state index contributed by atoms with van der Waals surface area (Å²) in [7, 11) is 0. The highest BCUT2D eigenvalue weighted by atomic mass is 35.5. The van der Waals surface area contributed by atoms with Crippen LogP contribution < -0.4 is 10.6 Å². The first kappa shape index (κ1) is 15.2. The van der Waals surface area contributed by atoms with E-state index >= 15 is 0 Å². The lowest BCUT2D eigenvalue weighted by Gasteiger charge is -2.26. The smallest absolute Gasteiger partial charge is 0.0716 e. The van der Waals surface area contributed by atoms with Crippen LogP contribution in [0.2, 0.25) is 5.02 Å². The third kappa shape index (κ3) is 3.16. The van der Waals surface area contributed by atoms with Gasteiger partial charge >= 0.3 is 0 Å². The van der Waals surface area contributed by atoms with Crippen molar-refractivity contribution >= 4 is 11.6 Å². The highest BCUT2D eigenvalue weighted by Gasteiger charge is 2.25. The number of hydrogen-bond donors (Lipinski definition) is 2. The van der Waals surface area contributed by atoms with E-state index < -0.39 is 0 Å². The zero-order valence-electron chi connectivity index (χ0n) is 13.3. The molecule has 0 unspecified atom stereocenters. The van der Waals surface area contributed by atoms with Gasteiger partial charge in [0.25, 0.3) is 0 Å². The fourth-order valence-electron chi connectivity index (χ4n) is 3.74. The molecule has 2 aliphatic rings. The normalized spacial score (nSPS) is 18.8. The van der Waals surface area contributed by atoms with E-state index in [-0.39, 0.29) is 0 Å². The number of halogens is 1. The quantitative estimate of drug-likeness (QED) is 0.909. The van der Waals surface area contributed by atoms with E-state index in [4.69, 9.17) is 16.7 Å². The molecule has 0 saturated carbocycles. The number of hydrogen-bond acceptors (Lipinski definition) is 3. The van der Waals surface area contributed by atoms with Crippen LogP contribution in [0.4, 0.5) is 0 Å². The summed E-state index contributed by atoms with van der Waals surface area (Å²) in [6.07, 6.45) is 4.34. The molecule has 122 valence electrons. The predicted molar refractivity (Wildman–Crippen MR) is 93.0 cm³/mol. The number of nitrogens with one attached hydrogen (secondary N) is 2. The molecule has 0 spiro atoms. The Balaban J connectivity index is 1.66. The van der Waals surface area contributed by atoms with E-state index in [1.807, 2.05) is 12.1 Å². The van der Waals surface area contributed by atoms with E-state index in [1.165, 1.54) is 35.4 Å². The molecular formula is C18H23ClN4. The number of piperidine rings is 1. The van der Waals surface area contributed by atoms with E-state index in [0.717, 1.165) is 44.0 Å². The molecule has 1 saturated heterocycles. The maximum atomic E-state index is 6.00. The fourth-order valence-corrected chi connectivity index (χ4v) is 3.86. The van der Waals surface area contributed by atoms with Crippen molar-refractivity contribution in [2.24, 2.45) is 0 Å². The highest BCUT2D eigenvalue weighted by Crippen LogP contribution is 2.27. The minimum Gasteiger partial charge on any atom is -0.317 e. The molecule has 0 radical (unpaired) electrons. The zero-order valence-corrected chi connectivity index (χ0v) is 14.1. The molecule has 4 nitrogen and oxygen atoms in total. The predicted octanol–water partition coefficient (Wildman–Crippen LogP) is 2.70. The van der Waals surface area contributed by atoms with Crippen LogP contribution in [0.5, 0.6) is 0 Å². The van der Waals surface area contributed by atoms with Gasteiger partial charge in [0.2, 0.25) is 0 Å². The second kappa shape index (κ2) is 6.63. The largest absolute Gasteiger partial charge is 0.317 e. The Morgan fingerprint density at radius 2 is 1.87 bits per heavy atom. The SMILES string of the molecule is Clc1ccc(Cc2nn(C3CCNCC3)c3c2CNCC3)cc1. The number of fused-ring (bicyclic) bond motifs is 1. The third-order valence-corrected chi connectivity index (χ3v) is 5.23. The average Bonchev–Trinajstić information content (AvgIpc) is 2.97. The summed E-state index contributed by atoms with van der Waals surface area (Å²) in [5.41, 5.74) is 5.38. The Hall–Kier alpha value is -1.36. The molecule has 1 aromatic carbocycles. The minimum absolute atomic E-state index is 0.557. The first-order valence-electron chi connectivity index (χ1n) is 8.56. The lowest BCUT2D eigenvalue weighted by Crippen LogP contribution is -2.32. The second-order valence-electron chi connectivity index (χ2n) is 6.53. The molecule has 0 atom stereocenters. The maximum absolute atomic E-state index is 6.00. The molecule has 2 N–H and O–H groups in total. The molecule has 23 heavy (non-hydrogen) atoms. The van der Waals surface area contributed by atoms with Gasteiger partial charge in [0, 0.05) is 42.2 Å². The maximum Gasteiger partial charge on any atom is 0.0716 e. The van der Waals surface area contributed by atoms with Crippen LogP contribution in [0.25, 0.3) is 0 Å². The van der Waals surface area contributed by atoms with E-state index in [1.54, 1.807) is 0 Å². The van der Waals surface area contributed by atoms with Crippen molar-refractivity contribution < 1.29 is 0 Å². The first-order valence-corrected chi connectivity index (χ1v) is 8.94. The zero-order chi connectivity index (χ0) is 15.6. The Morgan fingerprint density at radius 1 is 1.09 bits per heavy atom. The van der Waals surface area contributed by atoms with Gasteiger partial charge in [-0.15, -0.1) is 0 Å². The Morgan fingerprint density at radius 3 is 2.65 bits per heavy atom. The fraction of sp³-hybridized carbons (Fsp3) is 0.500. The van der Waals surface area contributed by atoms with Gasteiger partial charge in [-0.2, -0.15) is 5.10 Å². The summed E-state index contributed by atoms with van der Waals surface area (Å²) < 4.78 is 2.35. The minimum atomic E-state index is 0.557. The summed E-state index contributed by atoms with van der Waals surface area (Å²) in [4.78, 5) is 0. The molecule has 0 amide bonds. The molecule has 0 bridgehead atoms. The van der Waals surface area contributed by atoms with Crippen LogP contribution >= 0.6 is 11.6 Å². The van der Waals surface area contributed by atoms with Gasteiger partial charge in [0.05, 0.1) is 11.7 Å². The number of aromatic nitrogens is 2. The summed E-state index contributed by atoms with van der Waals surface area (Å²) in [6, 6.07) is 8.70. The van der Waals surface area contributed by atoms with Crippen LogP contribution in [0, 0.1) is 0 Å². The topological polar surface area (TPSA) is 41.9 Å². The van der Waals surface area contributed by atoms with Crippen molar-refractivity contribution in [3.63, 3.8) is 0 Å². The van der Waals surface area contributed by atoms with E-state index in [2.05, 4.69) is 27.4 Å². The molecular weight excluding hydrogens is 308 g/mol. The summed E-state index contributed by atoms with van der Waals surface area (Å²) in [5.74, 6) is 0. The Bertz CT molecular complexity index is 671. The summed E-state index contributed by atoms with van der Waals surface area (Å²) in [5, 5.41) is 12.8. The van der Waals surface area contributed by atoms with Crippen LogP contribution in [0.3, 0.4) is 0 Å². The van der Waals surface area contributed by atoms with E-state index in [0.29, 0.717) is 6.04 Å². The lowest BCUT2D eigenvalue weighted by atomic mass is 10.0. The van der Waals surface area contributed by atoms with Crippen molar-refractivity contribution in [3.8, 4) is 0 Å². The van der Waals surface area contributed by atoms with Gasteiger partial charge in [-0.25, -0.2) is 0 Å². The first-order chi connectivity index (χ1) is 11.3. The number of rotatable bonds is 3. The van der Waals surface area contributed by atoms with Crippen molar-refractivity contribution in [2.75, 3.05) is 19.6 Å². The standard InChI is InChI=1S/C18H23ClN4/c19-14-3-1-13(2-4-14)11-17-16-12-21-10-7-18(16)23(22-17)15-5-8-20-9-6-15/h1-4,15,20-21H,5-12H2. The lowest BCUT2D eigenvalue weighted by molar-refractivity contribution is 0.332. The van der Waals surface area contributed by atoms with Gasteiger partial charge in [0.1, 0.15) is 0 Å². The summed E-state index contributed by atoms with van der Waals surface area (Å²) >= 11 is 6.00. The van der Waals surface area contributed by atoms with Crippen LogP contribution in [0.15, 0.2) is 24.3 Å². The van der Waals surface area contributed by atoms with Crippen LogP contribution in [-0.4, -0.2) is 29.4 Å². The monoisotopic (exact) mass is 330 g/mol. The van der Waals surface area contributed by atoms with Gasteiger partial charge in [-0.1, -0.05) is 23.7 Å². The number of benzene rings is 1. The Labute approximate surface area is 142 Å². The molecule has 2 aliphatic heterocycles. The van der Waals surface area contributed by atoms with Gasteiger partial charge in [-0.3, -0.25) is 4.68 Å². The van der Waals surface area contributed by atoms with Gasteiger partial charge in [-0.05, 0) is 43.6 Å². The van der Waals surface area contributed by atoms with Crippen LogP contribution in [0.1, 0.15) is 41.4 Å². The Kier molecular flexibility index (Phi) is 4.38. The molecule has 3 heterocycles. The van der Waals surface area contributed by atoms with Crippen molar-refractivity contribution in [3.05, 3.63) is 51.8 Å². The van der Waals surface area contributed by atoms with Crippen molar-refractivity contribution in [1.82, 2.24) is 20.4 Å². The van der Waals surface area contributed by atoms with Gasteiger partial charge < -0.3 is 10.6 Å². The molecule has 0 aliphatic carbocycles. The second-order valence-corrected chi connectivity index (χ2v) is 6.96. The third-order valence-electron chi connectivity index (χ3n) is 4.98. The number of nitrogens with zero attached hydrogens (tertiary/aromatic N) is 2.